The molecule has 0 aromatic heterocycles. The van der Waals surface area contributed by atoms with Gasteiger partial charge < -0.3 is 10.2 Å². The lowest BCUT2D eigenvalue weighted by Crippen LogP contribution is -2.48. The quantitative estimate of drug-likeness (QED) is 0.389. The zero-order valence-electron chi connectivity index (χ0n) is 17.3. The first kappa shape index (κ1) is 26.1. The van der Waals surface area contributed by atoms with Crippen molar-refractivity contribution in [2.75, 3.05) is 12.3 Å². The lowest BCUT2D eigenvalue weighted by atomic mass is 10.1. The van der Waals surface area contributed by atoms with Crippen LogP contribution in [0.15, 0.2) is 36.4 Å². The minimum Gasteiger partial charge on any atom is -0.354 e. The molecule has 2 aromatic rings. The van der Waals surface area contributed by atoms with Gasteiger partial charge in [-0.2, -0.15) is 0 Å². The minimum absolute atomic E-state index is 0.139. The van der Waals surface area contributed by atoms with Crippen molar-refractivity contribution in [1.29, 1.82) is 0 Å². The third-order valence-electron chi connectivity index (χ3n) is 4.60. The fourth-order valence-electron chi connectivity index (χ4n) is 2.80. The molecule has 0 aliphatic heterocycles. The molecule has 1 N–H and O–H groups in total. The van der Waals surface area contributed by atoms with Crippen LogP contribution in [-0.2, 0) is 21.9 Å². The molecule has 31 heavy (non-hydrogen) atoms. The zero-order valence-corrected chi connectivity index (χ0v) is 21.1. The summed E-state index contributed by atoms with van der Waals surface area (Å²) in [5.41, 5.74) is 1.50. The number of amides is 2. The highest BCUT2D eigenvalue weighted by molar-refractivity contribution is 7.99. The van der Waals surface area contributed by atoms with Crippen LogP contribution < -0.4 is 5.32 Å². The molecular weight excluding hydrogens is 498 g/mol. The van der Waals surface area contributed by atoms with Crippen LogP contribution in [0.2, 0.25) is 20.1 Å². The van der Waals surface area contributed by atoms with Crippen LogP contribution in [0.4, 0.5) is 0 Å². The topological polar surface area (TPSA) is 49.4 Å². The molecule has 168 valence electrons. The third-order valence-corrected chi connectivity index (χ3v) is 6.87. The van der Waals surface area contributed by atoms with Crippen LogP contribution in [0.1, 0.15) is 31.4 Å². The van der Waals surface area contributed by atoms with Crippen molar-refractivity contribution in [1.82, 2.24) is 10.2 Å². The average molecular weight is 522 g/mol. The van der Waals surface area contributed by atoms with Gasteiger partial charge in [0.05, 0.1) is 5.75 Å². The third kappa shape index (κ3) is 7.76. The van der Waals surface area contributed by atoms with Crippen molar-refractivity contribution in [3.05, 3.63) is 67.6 Å². The molecule has 2 rings (SSSR count). The largest absolute Gasteiger partial charge is 0.354 e. The van der Waals surface area contributed by atoms with E-state index in [9.17, 15) is 9.59 Å². The maximum atomic E-state index is 13.1. The predicted molar refractivity (Wildman–Crippen MR) is 132 cm³/mol. The van der Waals surface area contributed by atoms with Crippen LogP contribution >= 0.6 is 58.2 Å². The highest BCUT2D eigenvalue weighted by Crippen LogP contribution is 2.28. The zero-order chi connectivity index (χ0) is 23.0. The molecule has 0 saturated heterocycles. The Kier molecular flexibility index (Phi) is 10.8. The fourth-order valence-corrected chi connectivity index (χ4v) is 4.79. The molecule has 0 saturated carbocycles. The number of nitrogens with one attached hydrogen (secondary N) is 1. The maximum absolute atomic E-state index is 13.1. The van der Waals surface area contributed by atoms with Gasteiger partial charge in [0.15, 0.2) is 0 Å². The Hall–Kier alpha value is -1.11. The van der Waals surface area contributed by atoms with E-state index in [0.29, 0.717) is 38.0 Å². The molecule has 0 bridgehead atoms. The first-order valence-electron chi connectivity index (χ1n) is 9.76. The minimum atomic E-state index is -0.675. The Balaban J connectivity index is 2.14. The number of thioether (sulfide) groups is 1. The Bertz CT molecular complexity index is 906. The van der Waals surface area contributed by atoms with E-state index in [1.54, 1.807) is 37.3 Å². The van der Waals surface area contributed by atoms with Crippen LogP contribution in [0, 0.1) is 0 Å². The van der Waals surface area contributed by atoms with E-state index in [4.69, 9.17) is 46.4 Å². The van der Waals surface area contributed by atoms with Gasteiger partial charge in [0.1, 0.15) is 6.04 Å². The molecule has 0 fully saturated rings. The number of hydrogen-bond donors (Lipinski definition) is 1. The molecule has 0 heterocycles. The Morgan fingerprint density at radius 2 is 1.74 bits per heavy atom. The van der Waals surface area contributed by atoms with E-state index in [-0.39, 0.29) is 24.1 Å². The van der Waals surface area contributed by atoms with E-state index in [2.05, 4.69) is 5.32 Å². The van der Waals surface area contributed by atoms with Gasteiger partial charge >= 0.3 is 0 Å². The summed E-state index contributed by atoms with van der Waals surface area (Å²) in [7, 11) is 0. The highest BCUT2D eigenvalue weighted by Gasteiger charge is 2.27. The standard InChI is InChI=1S/C22H24Cl4N2O2S/c1-3-9-27-22(30)14(2)28(11-17-18(24)5-4-6-19(17)25)21(29)13-31-12-15-7-8-16(23)10-20(15)26/h4-8,10,14H,3,9,11-13H2,1-2H3,(H,27,30)/t14-/m1/s1. The van der Waals surface area contributed by atoms with Gasteiger partial charge in [-0.25, -0.2) is 0 Å². The molecular formula is C22H24Cl4N2O2S. The van der Waals surface area contributed by atoms with Gasteiger partial charge in [-0.1, -0.05) is 65.5 Å². The normalized spacial score (nSPS) is 11.8. The highest BCUT2D eigenvalue weighted by atomic mass is 35.5. The van der Waals surface area contributed by atoms with Crippen molar-refractivity contribution < 1.29 is 9.59 Å². The summed E-state index contributed by atoms with van der Waals surface area (Å²) in [6.07, 6.45) is 0.806. The van der Waals surface area contributed by atoms with Gasteiger partial charge in [0.25, 0.3) is 0 Å². The summed E-state index contributed by atoms with van der Waals surface area (Å²) >= 11 is 26.2. The molecule has 0 radical (unpaired) electrons. The lowest BCUT2D eigenvalue weighted by molar-refractivity contribution is -0.138. The summed E-state index contributed by atoms with van der Waals surface area (Å²) in [5, 5.41) is 4.86. The van der Waals surface area contributed by atoms with Crippen molar-refractivity contribution in [3.8, 4) is 0 Å². The second kappa shape index (κ2) is 12.8. The Morgan fingerprint density at radius 1 is 1.06 bits per heavy atom. The van der Waals surface area contributed by atoms with Crippen molar-refractivity contribution in [3.63, 3.8) is 0 Å². The predicted octanol–water partition coefficient (Wildman–Crippen LogP) is 6.48. The number of carbonyl (C=O) groups is 2. The Labute approximate surface area is 207 Å². The number of nitrogens with zero attached hydrogens (tertiary/aromatic N) is 1. The number of halogens is 4. The van der Waals surface area contributed by atoms with Crippen LogP contribution in [0.25, 0.3) is 0 Å². The molecule has 0 aliphatic rings. The first-order valence-corrected chi connectivity index (χ1v) is 12.4. The van der Waals surface area contributed by atoms with E-state index < -0.39 is 6.04 Å². The van der Waals surface area contributed by atoms with Gasteiger partial charge in [0.2, 0.25) is 11.8 Å². The monoisotopic (exact) mass is 520 g/mol. The number of benzene rings is 2. The molecule has 9 heteroatoms. The summed E-state index contributed by atoms with van der Waals surface area (Å²) in [6, 6.07) is 9.76. The van der Waals surface area contributed by atoms with Gasteiger partial charge in [-0.15, -0.1) is 11.8 Å². The molecule has 0 spiro atoms. The summed E-state index contributed by atoms with van der Waals surface area (Å²) in [5.74, 6) is 0.306. The SMILES string of the molecule is CCCNC(=O)[C@@H](C)N(Cc1c(Cl)cccc1Cl)C(=O)CSCc1ccc(Cl)cc1Cl. The van der Waals surface area contributed by atoms with E-state index in [1.807, 2.05) is 13.0 Å². The summed E-state index contributed by atoms with van der Waals surface area (Å²) in [6.45, 7) is 4.35. The van der Waals surface area contributed by atoms with Crippen molar-refractivity contribution in [2.45, 2.75) is 38.6 Å². The maximum Gasteiger partial charge on any atom is 0.242 e. The number of hydrogen-bond acceptors (Lipinski definition) is 3. The smallest absolute Gasteiger partial charge is 0.242 e. The molecule has 1 atom stereocenters. The second-order valence-electron chi connectivity index (χ2n) is 6.92. The average Bonchev–Trinajstić information content (AvgIpc) is 2.72. The molecule has 2 amide bonds. The number of rotatable bonds is 10. The molecule has 0 unspecified atom stereocenters. The molecule has 4 nitrogen and oxygen atoms in total. The number of carbonyl (C=O) groups excluding carboxylic acids is 2. The second-order valence-corrected chi connectivity index (χ2v) is 9.56. The molecule has 0 aliphatic carbocycles. The summed E-state index contributed by atoms with van der Waals surface area (Å²) in [4.78, 5) is 27.2. The van der Waals surface area contributed by atoms with Crippen LogP contribution in [-0.4, -0.2) is 35.1 Å². The van der Waals surface area contributed by atoms with E-state index in [0.717, 1.165) is 12.0 Å². The molecule has 2 aromatic carbocycles. The van der Waals surface area contributed by atoms with E-state index >= 15 is 0 Å². The van der Waals surface area contributed by atoms with Gasteiger partial charge in [-0.3, -0.25) is 9.59 Å². The lowest BCUT2D eigenvalue weighted by Gasteiger charge is -2.29. The van der Waals surface area contributed by atoms with Crippen molar-refractivity contribution in [2.24, 2.45) is 0 Å². The van der Waals surface area contributed by atoms with Crippen LogP contribution in [0.3, 0.4) is 0 Å². The summed E-state index contributed by atoms with van der Waals surface area (Å²) < 4.78 is 0. The van der Waals surface area contributed by atoms with Crippen LogP contribution in [0.5, 0.6) is 0 Å². The fraction of sp³-hybridized carbons (Fsp3) is 0.364. The Morgan fingerprint density at radius 3 is 2.35 bits per heavy atom. The van der Waals surface area contributed by atoms with Gasteiger partial charge in [0, 0.05) is 44.5 Å². The van der Waals surface area contributed by atoms with E-state index in [1.165, 1.54) is 16.7 Å². The van der Waals surface area contributed by atoms with Gasteiger partial charge in [-0.05, 0) is 43.2 Å². The van der Waals surface area contributed by atoms with Crippen molar-refractivity contribution >= 4 is 70.0 Å². The first-order chi connectivity index (χ1) is 14.7.